The molecule has 0 bridgehead atoms. The summed E-state index contributed by atoms with van der Waals surface area (Å²) in [5.74, 6) is -0.486. The van der Waals surface area contributed by atoms with Crippen molar-refractivity contribution in [3.8, 4) is 0 Å². The molecule has 9 nitrogen and oxygen atoms in total. The second-order valence-electron chi connectivity index (χ2n) is 6.46. The summed E-state index contributed by atoms with van der Waals surface area (Å²) < 4.78 is 27.5. The lowest BCUT2D eigenvalue weighted by Gasteiger charge is -2.05. The summed E-state index contributed by atoms with van der Waals surface area (Å²) in [6.45, 7) is 7.04. The van der Waals surface area contributed by atoms with Gasteiger partial charge in [0.05, 0.1) is 26.9 Å². The van der Waals surface area contributed by atoms with Crippen molar-refractivity contribution in [1.82, 2.24) is 15.4 Å². The van der Waals surface area contributed by atoms with Gasteiger partial charge < -0.3 is 5.73 Å². The Kier molecular flexibility index (Phi) is 6.19. The Morgan fingerprint density at radius 1 is 1.03 bits per heavy atom. The highest BCUT2D eigenvalue weighted by atomic mass is 32.2. The molecule has 0 aliphatic carbocycles. The van der Waals surface area contributed by atoms with Gasteiger partial charge in [0.15, 0.2) is 10.3 Å². The highest BCUT2D eigenvalue weighted by Gasteiger charge is 2.20. The molecule has 0 atom stereocenters. The van der Waals surface area contributed by atoms with Gasteiger partial charge in [-0.1, -0.05) is 40.4 Å². The van der Waals surface area contributed by atoms with E-state index in [-0.39, 0.29) is 14.9 Å². The van der Waals surface area contributed by atoms with Gasteiger partial charge in [0.1, 0.15) is 4.88 Å². The normalized spacial score (nSPS) is 12.1. The highest BCUT2D eigenvalue weighted by molar-refractivity contribution is 7.93. The van der Waals surface area contributed by atoms with Gasteiger partial charge in [-0.25, -0.2) is 23.8 Å². The summed E-state index contributed by atoms with van der Waals surface area (Å²) in [5, 5.41) is 4.62. The Balaban J connectivity index is 1.75. The van der Waals surface area contributed by atoms with Crippen LogP contribution in [0.5, 0.6) is 0 Å². The highest BCUT2D eigenvalue weighted by Crippen LogP contribution is 2.25. The SMILES string of the molecule is CC(=NNC(=O)c1sc(NS(=O)(=O)c2ccc(C)cc2)nc1C)c1sc(N)nc1C. The van der Waals surface area contributed by atoms with Gasteiger partial charge in [-0.3, -0.25) is 9.52 Å². The second-order valence-corrected chi connectivity index (χ2v) is 10.2. The van der Waals surface area contributed by atoms with Crippen molar-refractivity contribution in [1.29, 1.82) is 0 Å². The van der Waals surface area contributed by atoms with Crippen LogP contribution in [0.1, 0.15) is 38.4 Å². The fourth-order valence-corrected chi connectivity index (χ4v) is 5.40. The van der Waals surface area contributed by atoms with Gasteiger partial charge in [0, 0.05) is 0 Å². The number of carbonyl (C=O) groups is 1. The molecule has 3 rings (SSSR count). The third-order valence-corrected chi connectivity index (χ3v) is 7.67. The van der Waals surface area contributed by atoms with E-state index in [2.05, 4.69) is 25.2 Å². The van der Waals surface area contributed by atoms with E-state index in [9.17, 15) is 13.2 Å². The number of amides is 1. The van der Waals surface area contributed by atoms with Crippen molar-refractivity contribution in [2.45, 2.75) is 32.6 Å². The van der Waals surface area contributed by atoms with E-state index in [1.165, 1.54) is 23.5 Å². The molecular weight excluding hydrogens is 444 g/mol. The topological polar surface area (TPSA) is 139 Å². The Labute approximate surface area is 182 Å². The zero-order valence-corrected chi connectivity index (χ0v) is 19.1. The number of nitrogen functional groups attached to an aromatic ring is 1. The molecule has 0 aliphatic heterocycles. The molecule has 0 saturated carbocycles. The number of benzene rings is 1. The zero-order valence-electron chi connectivity index (χ0n) is 16.7. The van der Waals surface area contributed by atoms with Gasteiger partial charge in [0.25, 0.3) is 15.9 Å². The number of nitrogens with one attached hydrogen (secondary N) is 2. The van der Waals surface area contributed by atoms with Crippen molar-refractivity contribution in [3.05, 3.63) is 51.0 Å². The summed E-state index contributed by atoms with van der Waals surface area (Å²) in [5.41, 5.74) is 10.8. The van der Waals surface area contributed by atoms with Crippen LogP contribution in [0, 0.1) is 20.8 Å². The van der Waals surface area contributed by atoms with Crippen LogP contribution in [0.2, 0.25) is 0 Å². The number of hydrazone groups is 1. The van der Waals surface area contributed by atoms with Gasteiger partial charge in [-0.05, 0) is 39.8 Å². The van der Waals surface area contributed by atoms with E-state index in [0.717, 1.165) is 27.5 Å². The Morgan fingerprint density at radius 2 is 1.67 bits per heavy atom. The first kappa shape index (κ1) is 21.9. The molecule has 0 aliphatic rings. The number of thiazole rings is 2. The Hall–Kier alpha value is -2.83. The van der Waals surface area contributed by atoms with E-state index in [1.807, 2.05) is 13.8 Å². The Morgan fingerprint density at radius 3 is 2.27 bits per heavy atom. The van der Waals surface area contributed by atoms with E-state index in [4.69, 9.17) is 5.73 Å². The zero-order chi connectivity index (χ0) is 22.1. The van der Waals surface area contributed by atoms with Crippen molar-refractivity contribution < 1.29 is 13.2 Å². The summed E-state index contributed by atoms with van der Waals surface area (Å²) >= 11 is 2.22. The van der Waals surface area contributed by atoms with Gasteiger partial charge in [-0.2, -0.15) is 5.10 Å². The average molecular weight is 465 g/mol. The molecule has 158 valence electrons. The maximum Gasteiger partial charge on any atom is 0.283 e. The van der Waals surface area contributed by atoms with E-state index in [1.54, 1.807) is 26.0 Å². The van der Waals surface area contributed by atoms with Crippen LogP contribution >= 0.6 is 22.7 Å². The summed E-state index contributed by atoms with van der Waals surface area (Å²) in [6, 6.07) is 6.44. The number of sulfonamides is 1. The number of aromatic nitrogens is 2. The van der Waals surface area contributed by atoms with Crippen LogP contribution in [0.15, 0.2) is 34.3 Å². The van der Waals surface area contributed by atoms with Crippen LogP contribution in [-0.4, -0.2) is 30.0 Å². The fraction of sp³-hybridized carbons (Fsp3) is 0.222. The minimum absolute atomic E-state index is 0.102. The number of nitrogens with two attached hydrogens (primary N) is 1. The number of aryl methyl sites for hydroxylation is 3. The minimum atomic E-state index is -3.80. The first-order chi connectivity index (χ1) is 14.1. The first-order valence-electron chi connectivity index (χ1n) is 8.71. The van der Waals surface area contributed by atoms with Crippen molar-refractivity contribution in [2.24, 2.45) is 5.10 Å². The monoisotopic (exact) mass is 464 g/mol. The molecule has 2 heterocycles. The molecule has 0 spiro atoms. The van der Waals surface area contributed by atoms with Crippen molar-refractivity contribution in [2.75, 3.05) is 10.5 Å². The van der Waals surface area contributed by atoms with Gasteiger partial charge in [0.2, 0.25) is 0 Å². The molecule has 1 amide bonds. The van der Waals surface area contributed by atoms with Crippen molar-refractivity contribution >= 4 is 54.6 Å². The standard InChI is InChI=1S/C18H20N6O3S3/c1-9-5-7-13(8-6-9)30(26,27)24-18-21-11(3)15(29-18)16(25)23-22-12(4)14-10(2)20-17(19)28-14/h5-8H,1-4H3,(H2,19,20)(H,21,24)(H,23,25). The molecule has 12 heteroatoms. The number of carbonyl (C=O) groups excluding carboxylic acids is 1. The smallest absolute Gasteiger partial charge is 0.283 e. The lowest BCUT2D eigenvalue weighted by atomic mass is 10.2. The summed E-state index contributed by atoms with van der Waals surface area (Å²) in [4.78, 5) is 22.0. The number of nitrogens with zero attached hydrogens (tertiary/aromatic N) is 3. The van der Waals surface area contributed by atoms with Crippen LogP contribution in [0.4, 0.5) is 10.3 Å². The fourth-order valence-electron chi connectivity index (χ4n) is 2.53. The van der Waals surface area contributed by atoms with Gasteiger partial charge in [-0.15, -0.1) is 0 Å². The summed E-state index contributed by atoms with van der Waals surface area (Å²) in [7, 11) is -3.80. The van der Waals surface area contributed by atoms with Crippen LogP contribution in [-0.2, 0) is 10.0 Å². The molecule has 0 fully saturated rings. The van der Waals surface area contributed by atoms with Crippen molar-refractivity contribution in [3.63, 3.8) is 0 Å². The molecule has 2 aromatic heterocycles. The molecule has 4 N–H and O–H groups in total. The third-order valence-electron chi connectivity index (χ3n) is 4.02. The lowest BCUT2D eigenvalue weighted by molar-refractivity contribution is 0.0958. The number of rotatable bonds is 6. The molecule has 0 radical (unpaired) electrons. The lowest BCUT2D eigenvalue weighted by Crippen LogP contribution is -2.19. The maximum atomic E-state index is 12.5. The number of hydrogen-bond acceptors (Lipinski definition) is 9. The predicted octanol–water partition coefficient (Wildman–Crippen LogP) is 3.06. The molecule has 1 aromatic carbocycles. The minimum Gasteiger partial charge on any atom is -0.375 e. The molecule has 30 heavy (non-hydrogen) atoms. The van der Waals surface area contributed by atoms with E-state index in [0.29, 0.717) is 16.5 Å². The van der Waals surface area contributed by atoms with Gasteiger partial charge >= 0.3 is 0 Å². The number of hydrogen-bond donors (Lipinski definition) is 3. The Bertz CT molecular complexity index is 1230. The predicted molar refractivity (Wildman–Crippen MR) is 120 cm³/mol. The number of anilines is 2. The first-order valence-corrected chi connectivity index (χ1v) is 11.8. The average Bonchev–Trinajstić information content (AvgIpc) is 3.20. The van der Waals surface area contributed by atoms with Crippen LogP contribution < -0.4 is 15.9 Å². The van der Waals surface area contributed by atoms with Crippen LogP contribution in [0.3, 0.4) is 0 Å². The molecule has 0 unspecified atom stereocenters. The largest absolute Gasteiger partial charge is 0.375 e. The molecular formula is C18H20N6O3S3. The third kappa shape index (κ3) is 4.83. The quantitative estimate of drug-likeness (QED) is 0.378. The maximum absolute atomic E-state index is 12.5. The molecule has 0 saturated heterocycles. The summed E-state index contributed by atoms with van der Waals surface area (Å²) in [6.07, 6.45) is 0. The van der Waals surface area contributed by atoms with E-state index >= 15 is 0 Å². The molecule has 3 aromatic rings. The second kappa shape index (κ2) is 8.50. The van der Waals surface area contributed by atoms with Crippen LogP contribution in [0.25, 0.3) is 0 Å². The van der Waals surface area contributed by atoms with E-state index < -0.39 is 15.9 Å².